The summed E-state index contributed by atoms with van der Waals surface area (Å²) in [6.07, 6.45) is 1.37. The number of carbonyl (C=O) groups excluding carboxylic acids is 2. The molecule has 1 aromatic carbocycles. The van der Waals surface area contributed by atoms with Crippen LogP contribution in [-0.2, 0) is 9.59 Å². The number of halogens is 3. The minimum atomic E-state index is -0.223. The Morgan fingerprint density at radius 3 is 2.10 bits per heavy atom. The van der Waals surface area contributed by atoms with Gasteiger partial charge in [0.05, 0.1) is 17.5 Å². The van der Waals surface area contributed by atoms with Gasteiger partial charge in [-0.15, -0.1) is 0 Å². The number of rotatable bonds is 1. The molecule has 0 spiro atoms. The van der Waals surface area contributed by atoms with Gasteiger partial charge >= 0.3 is 0 Å². The third kappa shape index (κ3) is 2.34. The summed E-state index contributed by atoms with van der Waals surface area (Å²) in [5.41, 5.74) is 0.569. The molecule has 1 saturated carbocycles. The molecule has 0 unspecified atom stereocenters. The first-order valence-corrected chi connectivity index (χ1v) is 8.61. The molecule has 1 aliphatic carbocycles. The third-order valence-electron chi connectivity index (χ3n) is 3.98. The Labute approximate surface area is 138 Å². The molecule has 0 bridgehead atoms. The molecule has 4 atom stereocenters. The summed E-state index contributed by atoms with van der Waals surface area (Å²) >= 11 is 13.1. The van der Waals surface area contributed by atoms with Crippen molar-refractivity contribution in [1.29, 1.82) is 0 Å². The largest absolute Gasteiger partial charge is 0.274 e. The van der Waals surface area contributed by atoms with Gasteiger partial charge in [0, 0.05) is 14.7 Å². The van der Waals surface area contributed by atoms with E-state index in [-0.39, 0.29) is 33.3 Å². The highest BCUT2D eigenvalue weighted by Gasteiger charge is 2.52. The van der Waals surface area contributed by atoms with Crippen LogP contribution >= 0.6 is 43.5 Å². The van der Waals surface area contributed by atoms with Gasteiger partial charge < -0.3 is 0 Å². The first-order valence-electron chi connectivity index (χ1n) is 6.40. The zero-order valence-corrected chi connectivity index (χ0v) is 14.4. The zero-order valence-electron chi connectivity index (χ0n) is 10.4. The SMILES string of the molecule is O=C1[C@H]2C[C@@H](Br)[C@H](Br)C[C@@H]2C(=O)N1c1cccc(Cl)c1. The molecule has 0 radical (unpaired) electrons. The molecule has 1 aliphatic heterocycles. The van der Waals surface area contributed by atoms with Crippen molar-refractivity contribution in [2.45, 2.75) is 22.5 Å². The number of amides is 2. The summed E-state index contributed by atoms with van der Waals surface area (Å²) in [7, 11) is 0. The van der Waals surface area contributed by atoms with Crippen molar-refractivity contribution in [3.05, 3.63) is 29.3 Å². The maximum Gasteiger partial charge on any atom is 0.237 e. The molecule has 0 N–H and O–H groups in total. The molecular weight excluding hydrogens is 409 g/mol. The Bertz CT molecular complexity index is 552. The second-order valence-electron chi connectivity index (χ2n) is 5.21. The van der Waals surface area contributed by atoms with Gasteiger partial charge in [-0.05, 0) is 31.0 Å². The molecule has 106 valence electrons. The second kappa shape index (κ2) is 5.43. The Hall–Kier alpha value is -0.390. The number of imide groups is 1. The number of benzene rings is 1. The van der Waals surface area contributed by atoms with Crippen molar-refractivity contribution in [3.63, 3.8) is 0 Å². The smallest absolute Gasteiger partial charge is 0.237 e. The molecular formula is C14H12Br2ClNO2. The van der Waals surface area contributed by atoms with Gasteiger partial charge in [-0.1, -0.05) is 49.5 Å². The van der Waals surface area contributed by atoms with Crippen molar-refractivity contribution in [2.24, 2.45) is 11.8 Å². The summed E-state index contributed by atoms with van der Waals surface area (Å²) in [5.74, 6) is -0.656. The number of anilines is 1. The predicted molar refractivity (Wildman–Crippen MR) is 85.6 cm³/mol. The summed E-state index contributed by atoms with van der Waals surface area (Å²) < 4.78 is 0. The highest BCUT2D eigenvalue weighted by molar-refractivity contribution is 9.12. The Morgan fingerprint density at radius 2 is 1.60 bits per heavy atom. The lowest BCUT2D eigenvalue weighted by Gasteiger charge is -2.29. The van der Waals surface area contributed by atoms with E-state index in [1.54, 1.807) is 24.3 Å². The Balaban J connectivity index is 1.95. The fraction of sp³-hybridized carbons (Fsp3) is 0.429. The topological polar surface area (TPSA) is 37.4 Å². The second-order valence-corrected chi connectivity index (χ2v) is 8.00. The fourth-order valence-electron chi connectivity index (χ4n) is 2.96. The van der Waals surface area contributed by atoms with Crippen molar-refractivity contribution in [3.8, 4) is 0 Å². The molecule has 1 aromatic rings. The summed E-state index contributed by atoms with van der Waals surface area (Å²) in [6.45, 7) is 0. The highest BCUT2D eigenvalue weighted by Crippen LogP contribution is 2.44. The van der Waals surface area contributed by atoms with Crippen LogP contribution in [-0.4, -0.2) is 21.5 Å². The van der Waals surface area contributed by atoms with Gasteiger partial charge in [0.15, 0.2) is 0 Å². The molecule has 3 rings (SSSR count). The third-order valence-corrected chi connectivity index (χ3v) is 6.95. The quantitative estimate of drug-likeness (QED) is 0.511. The lowest BCUT2D eigenvalue weighted by molar-refractivity contribution is -0.122. The van der Waals surface area contributed by atoms with E-state index in [4.69, 9.17) is 11.6 Å². The van der Waals surface area contributed by atoms with Gasteiger partial charge in [-0.2, -0.15) is 0 Å². The minimum absolute atomic E-state index is 0.105. The van der Waals surface area contributed by atoms with Crippen molar-refractivity contribution in [2.75, 3.05) is 4.90 Å². The average molecular weight is 422 g/mol. The van der Waals surface area contributed by atoms with E-state index in [0.717, 1.165) is 0 Å². The normalized spacial score (nSPS) is 33.5. The fourth-order valence-corrected chi connectivity index (χ4v) is 4.39. The van der Waals surface area contributed by atoms with Crippen LogP contribution in [0.2, 0.25) is 5.02 Å². The number of hydrogen-bond donors (Lipinski definition) is 0. The highest BCUT2D eigenvalue weighted by atomic mass is 79.9. The number of nitrogens with zero attached hydrogens (tertiary/aromatic N) is 1. The van der Waals surface area contributed by atoms with E-state index < -0.39 is 0 Å². The molecule has 20 heavy (non-hydrogen) atoms. The molecule has 0 aromatic heterocycles. The van der Waals surface area contributed by atoms with E-state index in [9.17, 15) is 9.59 Å². The molecule has 1 heterocycles. The maximum atomic E-state index is 12.5. The van der Waals surface area contributed by atoms with Gasteiger partial charge in [0.2, 0.25) is 11.8 Å². The van der Waals surface area contributed by atoms with Gasteiger partial charge in [0.1, 0.15) is 0 Å². The van der Waals surface area contributed by atoms with Gasteiger partial charge in [-0.25, -0.2) is 0 Å². The predicted octanol–water partition coefficient (Wildman–Crippen LogP) is 3.77. The zero-order chi connectivity index (χ0) is 14.4. The van der Waals surface area contributed by atoms with Crippen LogP contribution in [0.3, 0.4) is 0 Å². The number of alkyl halides is 2. The summed E-state index contributed by atoms with van der Waals surface area (Å²) in [4.78, 5) is 26.8. The standard InChI is InChI=1S/C14H12Br2ClNO2/c15-11-5-9-10(6-12(11)16)14(20)18(13(9)19)8-3-1-2-7(17)4-8/h1-4,9-12H,5-6H2/t9-,10-,11+,12+/m0/s1. The van der Waals surface area contributed by atoms with Crippen LogP contribution in [0.4, 0.5) is 5.69 Å². The number of carbonyl (C=O) groups is 2. The monoisotopic (exact) mass is 419 g/mol. The van der Waals surface area contributed by atoms with Crippen molar-refractivity contribution >= 4 is 61.0 Å². The van der Waals surface area contributed by atoms with Crippen LogP contribution in [0.5, 0.6) is 0 Å². The Morgan fingerprint density at radius 1 is 1.05 bits per heavy atom. The first-order chi connectivity index (χ1) is 9.49. The van der Waals surface area contributed by atoms with E-state index >= 15 is 0 Å². The number of hydrogen-bond acceptors (Lipinski definition) is 2. The van der Waals surface area contributed by atoms with E-state index in [0.29, 0.717) is 23.6 Å². The first kappa shape index (κ1) is 14.5. The molecule has 2 fully saturated rings. The maximum absolute atomic E-state index is 12.5. The van der Waals surface area contributed by atoms with Gasteiger partial charge in [-0.3, -0.25) is 14.5 Å². The number of fused-ring (bicyclic) bond motifs is 1. The summed E-state index contributed by atoms with van der Waals surface area (Å²) in [5, 5.41) is 0.523. The van der Waals surface area contributed by atoms with Crippen LogP contribution in [0.15, 0.2) is 24.3 Å². The van der Waals surface area contributed by atoms with Crippen LogP contribution in [0.25, 0.3) is 0 Å². The molecule has 2 amide bonds. The van der Waals surface area contributed by atoms with Crippen LogP contribution < -0.4 is 4.90 Å². The minimum Gasteiger partial charge on any atom is -0.274 e. The molecule has 6 heteroatoms. The molecule has 1 saturated heterocycles. The summed E-state index contributed by atoms with van der Waals surface area (Å²) in [6, 6.07) is 6.88. The van der Waals surface area contributed by atoms with Crippen molar-refractivity contribution in [1.82, 2.24) is 0 Å². The lowest BCUT2D eigenvalue weighted by Crippen LogP contribution is -2.34. The van der Waals surface area contributed by atoms with Gasteiger partial charge in [0.25, 0.3) is 0 Å². The lowest BCUT2D eigenvalue weighted by atomic mass is 9.81. The van der Waals surface area contributed by atoms with E-state index in [1.165, 1.54) is 4.90 Å². The van der Waals surface area contributed by atoms with E-state index in [1.807, 2.05) is 0 Å². The molecule has 2 aliphatic rings. The van der Waals surface area contributed by atoms with Crippen LogP contribution in [0.1, 0.15) is 12.8 Å². The van der Waals surface area contributed by atoms with E-state index in [2.05, 4.69) is 31.9 Å². The Kier molecular flexibility index (Phi) is 3.95. The van der Waals surface area contributed by atoms with Crippen molar-refractivity contribution < 1.29 is 9.59 Å². The molecule has 3 nitrogen and oxygen atoms in total. The average Bonchev–Trinajstić information content (AvgIpc) is 2.63. The van der Waals surface area contributed by atoms with Crippen LogP contribution in [0, 0.1) is 11.8 Å².